The molecule has 0 aliphatic carbocycles. The molecule has 1 rings (SSSR count). The lowest BCUT2D eigenvalue weighted by Gasteiger charge is -2.33. The predicted octanol–water partition coefficient (Wildman–Crippen LogP) is -1.20. The Kier molecular flexibility index (Phi) is 6.89. The van der Waals surface area contributed by atoms with Gasteiger partial charge in [0.25, 0.3) is 0 Å². The number of nitrogens with zero attached hydrogens (tertiary/aromatic N) is 1. The summed E-state index contributed by atoms with van der Waals surface area (Å²) in [5, 5.41) is 20.0. The highest BCUT2D eigenvalue weighted by molar-refractivity contribution is 5.82. The van der Waals surface area contributed by atoms with Crippen molar-refractivity contribution in [1.82, 2.24) is 10.2 Å². The molecule has 2 amide bonds. The number of methoxy groups -OCH3 is 1. The van der Waals surface area contributed by atoms with Gasteiger partial charge in [-0.1, -0.05) is 0 Å². The number of rotatable bonds is 6. The Hall–Kier alpha value is -1.87. The Bertz CT molecular complexity index is 388. The van der Waals surface area contributed by atoms with Crippen LogP contribution in [0.2, 0.25) is 0 Å². The molecule has 3 N–H and O–H groups in total. The first-order chi connectivity index (χ1) is 9.97. The third-order valence-electron chi connectivity index (χ3n) is 3.06. The lowest BCUT2D eigenvalue weighted by Crippen LogP contribution is -2.53. The van der Waals surface area contributed by atoms with Crippen molar-refractivity contribution in [2.24, 2.45) is 0 Å². The molecule has 9 heteroatoms. The van der Waals surface area contributed by atoms with E-state index in [9.17, 15) is 14.4 Å². The number of carboxylic acid groups (broad SMARTS) is 1. The molecular formula is C12H20N2O7. The van der Waals surface area contributed by atoms with Gasteiger partial charge in [-0.15, -0.1) is 0 Å². The summed E-state index contributed by atoms with van der Waals surface area (Å²) in [5.41, 5.74) is 0. The molecule has 1 aliphatic rings. The summed E-state index contributed by atoms with van der Waals surface area (Å²) in [6.07, 6.45) is -0.519. The highest BCUT2D eigenvalue weighted by Gasteiger charge is 2.28. The third-order valence-corrected chi connectivity index (χ3v) is 3.06. The molecule has 0 saturated carbocycles. The van der Waals surface area contributed by atoms with E-state index in [1.54, 1.807) is 0 Å². The van der Waals surface area contributed by atoms with Crippen LogP contribution in [0, 0.1) is 0 Å². The van der Waals surface area contributed by atoms with Gasteiger partial charge in [-0.2, -0.15) is 0 Å². The quantitative estimate of drug-likeness (QED) is 0.526. The fraction of sp³-hybridized carbons (Fsp3) is 0.750. The second kappa shape index (κ2) is 8.42. The molecule has 1 heterocycles. The summed E-state index contributed by atoms with van der Waals surface area (Å²) in [6, 6.07) is -1.71. The Morgan fingerprint density at radius 3 is 2.76 bits per heavy atom. The predicted molar refractivity (Wildman–Crippen MR) is 69.6 cm³/mol. The zero-order chi connectivity index (χ0) is 15.8. The minimum atomic E-state index is -1.21. The number of morpholine rings is 1. The minimum absolute atomic E-state index is 0.0271. The second-order valence-electron chi connectivity index (χ2n) is 4.57. The summed E-state index contributed by atoms with van der Waals surface area (Å²) in [4.78, 5) is 35.5. The Morgan fingerprint density at radius 1 is 1.48 bits per heavy atom. The van der Waals surface area contributed by atoms with Gasteiger partial charge in [0.1, 0.15) is 6.04 Å². The van der Waals surface area contributed by atoms with Gasteiger partial charge in [0.05, 0.1) is 26.2 Å². The van der Waals surface area contributed by atoms with Crippen LogP contribution >= 0.6 is 0 Å². The van der Waals surface area contributed by atoms with Crippen molar-refractivity contribution in [3.05, 3.63) is 0 Å². The molecule has 0 aromatic carbocycles. The van der Waals surface area contributed by atoms with Crippen molar-refractivity contribution < 1.29 is 34.1 Å². The third kappa shape index (κ3) is 5.56. The Labute approximate surface area is 121 Å². The number of carboxylic acids is 1. The minimum Gasteiger partial charge on any atom is -0.480 e. The van der Waals surface area contributed by atoms with Crippen LogP contribution in [-0.2, 0) is 19.1 Å². The maximum Gasteiger partial charge on any atom is 0.326 e. The number of aliphatic carboxylic acids is 1. The maximum atomic E-state index is 12.0. The lowest BCUT2D eigenvalue weighted by atomic mass is 10.2. The van der Waals surface area contributed by atoms with Crippen LogP contribution in [0.5, 0.6) is 0 Å². The van der Waals surface area contributed by atoms with Gasteiger partial charge >= 0.3 is 18.0 Å². The van der Waals surface area contributed by atoms with Gasteiger partial charge in [-0.25, -0.2) is 9.59 Å². The van der Waals surface area contributed by atoms with E-state index in [1.165, 1.54) is 12.0 Å². The number of ether oxygens (including phenoxy) is 2. The first-order valence-corrected chi connectivity index (χ1v) is 6.55. The van der Waals surface area contributed by atoms with E-state index in [0.29, 0.717) is 6.54 Å². The summed E-state index contributed by atoms with van der Waals surface area (Å²) >= 11 is 0. The number of hydrogen-bond acceptors (Lipinski definition) is 6. The molecule has 0 spiro atoms. The lowest BCUT2D eigenvalue weighted by molar-refractivity contribution is -0.145. The van der Waals surface area contributed by atoms with Crippen LogP contribution in [0.25, 0.3) is 0 Å². The first kappa shape index (κ1) is 17.2. The van der Waals surface area contributed by atoms with E-state index in [-0.39, 0.29) is 32.6 Å². The van der Waals surface area contributed by atoms with Crippen molar-refractivity contribution in [1.29, 1.82) is 0 Å². The molecule has 0 radical (unpaired) electrons. The molecule has 1 fully saturated rings. The van der Waals surface area contributed by atoms with Crippen LogP contribution in [0.3, 0.4) is 0 Å². The first-order valence-electron chi connectivity index (χ1n) is 6.55. The van der Waals surface area contributed by atoms with Gasteiger partial charge in [0, 0.05) is 26.1 Å². The number of esters is 1. The van der Waals surface area contributed by atoms with Crippen LogP contribution < -0.4 is 5.32 Å². The highest BCUT2D eigenvalue weighted by atomic mass is 16.5. The fourth-order valence-electron chi connectivity index (χ4n) is 1.92. The zero-order valence-corrected chi connectivity index (χ0v) is 11.8. The van der Waals surface area contributed by atoms with Crippen LogP contribution in [-0.4, -0.2) is 78.6 Å². The largest absolute Gasteiger partial charge is 0.480 e. The second-order valence-corrected chi connectivity index (χ2v) is 4.57. The smallest absolute Gasteiger partial charge is 0.326 e. The number of carbonyl (C=O) groups excluding carboxylic acids is 2. The SMILES string of the molecule is COC(=O)CC1CN(C(=O)N[C@H](CCO)C(=O)O)CCO1. The van der Waals surface area contributed by atoms with E-state index in [0.717, 1.165) is 0 Å². The van der Waals surface area contributed by atoms with Gasteiger partial charge in [0.15, 0.2) is 0 Å². The molecule has 1 aliphatic heterocycles. The molecule has 120 valence electrons. The fourth-order valence-corrected chi connectivity index (χ4v) is 1.92. The van der Waals surface area contributed by atoms with Gasteiger partial charge in [-0.05, 0) is 0 Å². The maximum absolute atomic E-state index is 12.0. The van der Waals surface area contributed by atoms with Crippen molar-refractivity contribution in [2.75, 3.05) is 33.4 Å². The summed E-state index contributed by atoms with van der Waals surface area (Å²) < 4.78 is 9.89. The number of hydrogen-bond donors (Lipinski definition) is 3. The van der Waals surface area contributed by atoms with E-state index in [2.05, 4.69) is 10.1 Å². The van der Waals surface area contributed by atoms with Crippen molar-refractivity contribution >= 4 is 18.0 Å². The van der Waals surface area contributed by atoms with Crippen molar-refractivity contribution in [3.63, 3.8) is 0 Å². The van der Waals surface area contributed by atoms with E-state index >= 15 is 0 Å². The normalized spacial score (nSPS) is 19.7. The molecule has 1 unspecified atom stereocenters. The van der Waals surface area contributed by atoms with Gasteiger partial charge in [0.2, 0.25) is 0 Å². The number of aliphatic hydroxyl groups excluding tert-OH is 1. The Balaban J connectivity index is 2.52. The Morgan fingerprint density at radius 2 is 2.19 bits per heavy atom. The van der Waals surface area contributed by atoms with Gasteiger partial charge < -0.3 is 29.9 Å². The average Bonchev–Trinajstić information content (AvgIpc) is 2.46. The summed E-state index contributed by atoms with van der Waals surface area (Å²) in [7, 11) is 1.27. The number of urea groups is 1. The standard InChI is InChI=1S/C12H20N2O7/c1-20-10(16)6-8-7-14(3-5-21-8)12(19)13-9(2-4-15)11(17)18/h8-9,15H,2-7H2,1H3,(H,13,19)(H,17,18)/t8?,9-/m1/s1. The number of carbonyl (C=O) groups is 3. The van der Waals surface area contributed by atoms with Crippen LogP contribution in [0.4, 0.5) is 4.79 Å². The summed E-state index contributed by atoms with van der Waals surface area (Å²) in [6.45, 7) is 0.388. The molecule has 2 atom stereocenters. The number of aliphatic hydroxyl groups is 1. The van der Waals surface area contributed by atoms with Crippen LogP contribution in [0.1, 0.15) is 12.8 Å². The monoisotopic (exact) mass is 304 g/mol. The topological polar surface area (TPSA) is 125 Å². The molecular weight excluding hydrogens is 284 g/mol. The summed E-state index contributed by atoms with van der Waals surface area (Å²) in [5.74, 6) is -1.65. The molecule has 21 heavy (non-hydrogen) atoms. The van der Waals surface area contributed by atoms with Crippen LogP contribution in [0.15, 0.2) is 0 Å². The van der Waals surface area contributed by atoms with E-state index in [4.69, 9.17) is 14.9 Å². The zero-order valence-electron chi connectivity index (χ0n) is 11.8. The molecule has 0 aromatic rings. The molecule has 0 bridgehead atoms. The number of nitrogens with one attached hydrogen (secondary N) is 1. The molecule has 1 saturated heterocycles. The highest BCUT2D eigenvalue weighted by Crippen LogP contribution is 2.10. The van der Waals surface area contributed by atoms with Crippen molar-refractivity contribution in [3.8, 4) is 0 Å². The van der Waals surface area contributed by atoms with E-state index < -0.39 is 30.1 Å². The molecule has 9 nitrogen and oxygen atoms in total. The van der Waals surface area contributed by atoms with Gasteiger partial charge in [-0.3, -0.25) is 4.79 Å². The van der Waals surface area contributed by atoms with E-state index in [1.807, 2.05) is 0 Å². The van der Waals surface area contributed by atoms with Crippen molar-refractivity contribution in [2.45, 2.75) is 25.0 Å². The molecule has 0 aromatic heterocycles. The average molecular weight is 304 g/mol. The number of amides is 2.